The molecule has 0 atom stereocenters. The molecule has 4 heteroatoms. The average molecular weight is 250 g/mol. The van der Waals surface area contributed by atoms with Gasteiger partial charge in [-0.05, 0) is 12.1 Å². The van der Waals surface area contributed by atoms with Gasteiger partial charge in [0.2, 0.25) is 0 Å². The van der Waals surface area contributed by atoms with Gasteiger partial charge in [0.25, 0.3) is 0 Å². The third-order valence-electron chi connectivity index (χ3n) is 2.58. The fraction of sp³-hybridized carbons (Fsp3) is 0.250. The Hall–Kier alpha value is -0.870. The smallest absolute Gasteiger partial charge is 0.197 e. The molecule has 2 heterocycles. The Morgan fingerprint density at radius 3 is 2.75 bits per heavy atom. The number of hydrogen-bond donors (Lipinski definition) is 0. The van der Waals surface area contributed by atoms with Crippen LogP contribution in [-0.4, -0.2) is 11.5 Å². The van der Waals surface area contributed by atoms with E-state index in [0.717, 1.165) is 17.1 Å². The lowest BCUT2D eigenvalue weighted by atomic mass is 10.2. The lowest BCUT2D eigenvalue weighted by Crippen LogP contribution is -2.08. The Bertz CT molecular complexity index is 570. The van der Waals surface area contributed by atoms with Crippen molar-refractivity contribution in [1.82, 2.24) is 0 Å². The third kappa shape index (κ3) is 1.66. The Balaban J connectivity index is 2.19. The van der Waals surface area contributed by atoms with Gasteiger partial charge in [0.15, 0.2) is 5.43 Å². The molecule has 0 amide bonds. The first kappa shape index (κ1) is 10.3. The highest BCUT2D eigenvalue weighted by molar-refractivity contribution is 8.19. The molecule has 16 heavy (non-hydrogen) atoms. The fourth-order valence-corrected chi connectivity index (χ4v) is 4.64. The molecule has 0 spiro atoms. The van der Waals surface area contributed by atoms with Crippen LogP contribution < -0.4 is 5.43 Å². The van der Waals surface area contributed by atoms with Gasteiger partial charge in [-0.2, -0.15) is 0 Å². The van der Waals surface area contributed by atoms with Crippen molar-refractivity contribution in [2.24, 2.45) is 0 Å². The zero-order valence-corrected chi connectivity index (χ0v) is 10.1. The number of benzene rings is 1. The van der Waals surface area contributed by atoms with Gasteiger partial charge >= 0.3 is 0 Å². The summed E-state index contributed by atoms with van der Waals surface area (Å²) in [4.78, 5) is 12.2. The highest BCUT2D eigenvalue weighted by atomic mass is 32.2. The molecule has 2 aromatic rings. The number of fused-ring (bicyclic) bond motifs is 1. The molecular formula is C12H10O2S2. The Morgan fingerprint density at radius 1 is 1.19 bits per heavy atom. The van der Waals surface area contributed by atoms with Crippen molar-refractivity contribution in [3.8, 4) is 0 Å². The fourth-order valence-electron chi connectivity index (χ4n) is 1.79. The third-order valence-corrected chi connectivity index (χ3v) is 5.65. The van der Waals surface area contributed by atoms with Crippen molar-refractivity contribution >= 4 is 34.5 Å². The van der Waals surface area contributed by atoms with E-state index in [2.05, 4.69) is 0 Å². The summed E-state index contributed by atoms with van der Waals surface area (Å²) >= 11 is 3.64. The molecule has 0 N–H and O–H groups in total. The average Bonchev–Trinajstić information content (AvgIpc) is 2.83. The summed E-state index contributed by atoms with van der Waals surface area (Å²) in [6, 6.07) is 7.41. The van der Waals surface area contributed by atoms with Crippen LogP contribution in [0, 0.1) is 0 Å². The van der Waals surface area contributed by atoms with Crippen LogP contribution in [0.25, 0.3) is 11.0 Å². The lowest BCUT2D eigenvalue weighted by Gasteiger charge is -2.07. The van der Waals surface area contributed by atoms with Gasteiger partial charge in [0, 0.05) is 11.5 Å². The van der Waals surface area contributed by atoms with Crippen molar-refractivity contribution in [2.45, 2.75) is 4.58 Å². The van der Waals surface area contributed by atoms with E-state index >= 15 is 0 Å². The van der Waals surface area contributed by atoms with E-state index < -0.39 is 0 Å². The van der Waals surface area contributed by atoms with Crippen LogP contribution in [-0.2, 0) is 0 Å². The van der Waals surface area contributed by atoms with Crippen LogP contribution in [0.4, 0.5) is 0 Å². The molecule has 0 unspecified atom stereocenters. The Kier molecular flexibility index (Phi) is 2.69. The summed E-state index contributed by atoms with van der Waals surface area (Å²) < 4.78 is 5.76. The molecule has 82 valence electrons. The maximum Gasteiger partial charge on any atom is 0.197 e. The van der Waals surface area contributed by atoms with E-state index in [1.54, 1.807) is 6.26 Å². The van der Waals surface area contributed by atoms with Crippen LogP contribution in [0.1, 0.15) is 10.1 Å². The van der Waals surface area contributed by atoms with E-state index in [9.17, 15) is 4.79 Å². The predicted molar refractivity (Wildman–Crippen MR) is 70.1 cm³/mol. The second-order valence-electron chi connectivity index (χ2n) is 3.59. The summed E-state index contributed by atoms with van der Waals surface area (Å²) in [6.07, 6.45) is 1.63. The molecule has 0 aliphatic carbocycles. The van der Waals surface area contributed by atoms with Crippen molar-refractivity contribution in [1.29, 1.82) is 0 Å². The molecule has 2 nitrogen and oxygen atoms in total. The Labute approximate surface area is 101 Å². The summed E-state index contributed by atoms with van der Waals surface area (Å²) in [5.41, 5.74) is 1.59. The van der Waals surface area contributed by atoms with Gasteiger partial charge in [-0.15, -0.1) is 23.5 Å². The number of para-hydroxylation sites is 1. The van der Waals surface area contributed by atoms with E-state index in [1.807, 2.05) is 47.8 Å². The maximum atomic E-state index is 12.2. The summed E-state index contributed by atoms with van der Waals surface area (Å²) in [5, 5.41) is 0.688. The van der Waals surface area contributed by atoms with Crippen LogP contribution in [0.5, 0.6) is 0 Å². The first-order valence-electron chi connectivity index (χ1n) is 5.10. The van der Waals surface area contributed by atoms with Crippen molar-refractivity contribution in [3.05, 3.63) is 46.3 Å². The standard InChI is InChI=1S/C12H10O2S2/c13-11-8-3-1-2-4-10(8)14-7-9(11)12-15-5-6-16-12/h1-4,7,12H,5-6H2. The van der Waals surface area contributed by atoms with Crippen LogP contribution in [0.2, 0.25) is 0 Å². The monoisotopic (exact) mass is 250 g/mol. The van der Waals surface area contributed by atoms with Gasteiger partial charge < -0.3 is 4.42 Å². The van der Waals surface area contributed by atoms with Crippen molar-refractivity contribution in [2.75, 3.05) is 11.5 Å². The van der Waals surface area contributed by atoms with Gasteiger partial charge in [-0.25, -0.2) is 0 Å². The molecule has 1 aromatic heterocycles. The molecule has 1 aliphatic rings. The zero-order valence-electron chi connectivity index (χ0n) is 8.51. The van der Waals surface area contributed by atoms with Gasteiger partial charge in [-0.3, -0.25) is 4.79 Å². The molecule has 1 fully saturated rings. The highest BCUT2D eigenvalue weighted by Gasteiger charge is 2.22. The molecule has 1 saturated heterocycles. The normalized spacial score (nSPS) is 17.0. The van der Waals surface area contributed by atoms with E-state index in [1.165, 1.54) is 0 Å². The minimum absolute atomic E-state index is 0.119. The summed E-state index contributed by atoms with van der Waals surface area (Å²) in [6.45, 7) is 0. The largest absolute Gasteiger partial charge is 0.464 e. The number of rotatable bonds is 1. The van der Waals surface area contributed by atoms with E-state index in [-0.39, 0.29) is 10.0 Å². The number of hydrogen-bond acceptors (Lipinski definition) is 4. The zero-order chi connectivity index (χ0) is 11.0. The quantitative estimate of drug-likeness (QED) is 0.777. The van der Waals surface area contributed by atoms with Gasteiger partial charge in [0.05, 0.1) is 15.5 Å². The Morgan fingerprint density at radius 2 is 1.94 bits per heavy atom. The molecule has 0 radical (unpaired) electrons. The highest BCUT2D eigenvalue weighted by Crippen LogP contribution is 2.44. The molecule has 1 aliphatic heterocycles. The lowest BCUT2D eigenvalue weighted by molar-refractivity contribution is 0.596. The van der Waals surface area contributed by atoms with Gasteiger partial charge in [0.1, 0.15) is 11.8 Å². The second-order valence-corrected chi connectivity index (χ2v) is 6.31. The topological polar surface area (TPSA) is 30.2 Å². The maximum absolute atomic E-state index is 12.2. The van der Waals surface area contributed by atoms with E-state index in [4.69, 9.17) is 4.42 Å². The minimum atomic E-state index is 0.119. The molecule has 0 saturated carbocycles. The van der Waals surface area contributed by atoms with Crippen LogP contribution >= 0.6 is 23.5 Å². The van der Waals surface area contributed by atoms with Gasteiger partial charge in [-0.1, -0.05) is 12.1 Å². The predicted octanol–water partition coefficient (Wildman–Crippen LogP) is 3.27. The molecule has 1 aromatic carbocycles. The molecule has 0 bridgehead atoms. The summed E-state index contributed by atoms with van der Waals surface area (Å²) in [5.74, 6) is 2.23. The first-order valence-corrected chi connectivity index (χ1v) is 7.19. The van der Waals surface area contributed by atoms with E-state index in [0.29, 0.717) is 11.0 Å². The van der Waals surface area contributed by atoms with Crippen LogP contribution in [0.3, 0.4) is 0 Å². The molecular weight excluding hydrogens is 240 g/mol. The van der Waals surface area contributed by atoms with Crippen molar-refractivity contribution < 1.29 is 4.42 Å². The molecule has 3 rings (SSSR count). The first-order chi connectivity index (χ1) is 7.86. The van der Waals surface area contributed by atoms with Crippen LogP contribution in [0.15, 0.2) is 39.7 Å². The van der Waals surface area contributed by atoms with Crippen molar-refractivity contribution in [3.63, 3.8) is 0 Å². The summed E-state index contributed by atoms with van der Waals surface area (Å²) in [7, 11) is 0. The SMILES string of the molecule is O=c1c(C2SCCS2)coc2ccccc12. The minimum Gasteiger partial charge on any atom is -0.464 e. The second kappa shape index (κ2) is 4.18. The number of thioether (sulfide) groups is 2.